The predicted octanol–water partition coefficient (Wildman–Crippen LogP) is 3.21. The highest BCUT2D eigenvalue weighted by Gasteiger charge is 2.28. The van der Waals surface area contributed by atoms with Gasteiger partial charge in [0.1, 0.15) is 22.8 Å². The lowest BCUT2D eigenvalue weighted by molar-refractivity contribution is 0.0504. The van der Waals surface area contributed by atoms with Crippen LogP contribution >= 0.6 is 0 Å². The van der Waals surface area contributed by atoms with Gasteiger partial charge in [-0.1, -0.05) is 6.07 Å². The predicted molar refractivity (Wildman–Crippen MR) is 138 cm³/mol. The fraction of sp³-hybridized carbons (Fsp3) is 0.500. The lowest BCUT2D eigenvalue weighted by atomic mass is 10.1. The summed E-state index contributed by atoms with van der Waals surface area (Å²) in [4.78, 5) is 35.0. The molecule has 2 heterocycles. The molecule has 12 nitrogen and oxygen atoms in total. The number of ether oxygens (including phenoxy) is 2. The highest BCUT2D eigenvalue weighted by atomic mass is 19.1. The summed E-state index contributed by atoms with van der Waals surface area (Å²) in [5, 5.41) is 18.4. The number of alkyl carbamates (subject to hydrolysis) is 1. The van der Waals surface area contributed by atoms with Crippen molar-refractivity contribution in [3.8, 4) is 17.3 Å². The number of hydrogen-bond donors (Lipinski definition) is 2. The summed E-state index contributed by atoms with van der Waals surface area (Å²) in [5.41, 5.74) is 0.653. The number of aryl methyl sites for hydroxylation is 1. The van der Waals surface area contributed by atoms with Crippen molar-refractivity contribution in [3.05, 3.63) is 47.2 Å². The molecule has 1 fully saturated rings. The highest BCUT2D eigenvalue weighted by Crippen LogP contribution is 2.27. The Labute approximate surface area is 225 Å². The molecule has 0 aliphatic heterocycles. The third kappa shape index (κ3) is 7.68. The molecule has 2 amide bonds. The van der Waals surface area contributed by atoms with Gasteiger partial charge in [0, 0.05) is 12.6 Å². The van der Waals surface area contributed by atoms with Crippen LogP contribution in [0.5, 0.6) is 5.75 Å². The number of rotatable bonds is 8. The molecule has 2 aromatic heterocycles. The molecule has 208 valence electrons. The minimum absolute atomic E-state index is 0.0365. The second kappa shape index (κ2) is 11.7. The Balaban J connectivity index is 1.35. The first-order chi connectivity index (χ1) is 18.5. The van der Waals surface area contributed by atoms with Crippen LogP contribution in [0.15, 0.2) is 24.3 Å². The molecule has 0 bridgehead atoms. The number of benzene rings is 1. The van der Waals surface area contributed by atoms with Crippen molar-refractivity contribution < 1.29 is 23.5 Å². The number of nitrogens with one attached hydrogen (secondary N) is 2. The molecule has 1 saturated carbocycles. The number of methoxy groups -OCH3 is 1. The molecule has 1 aliphatic carbocycles. The quantitative estimate of drug-likeness (QED) is 0.440. The standard InChI is InChI=1S/C26H33FN8O4/c1-15-29-20(12-21(30-15)24(36)28-13-16-7-9-19(27)22(11-16)38-5)23-32-34-35(33-23)14-17-6-8-18(10-17)31-25(37)39-26(2,3)4/h7,9,11-12,17-18H,6,8,10,13-14H2,1-5H3,(H,28,36)(H,31,37). The van der Waals surface area contributed by atoms with Crippen molar-refractivity contribution in [2.75, 3.05) is 7.11 Å². The Morgan fingerprint density at radius 1 is 1.18 bits per heavy atom. The minimum atomic E-state index is -0.542. The average molecular weight is 541 g/mol. The lowest BCUT2D eigenvalue weighted by Crippen LogP contribution is -2.38. The summed E-state index contributed by atoms with van der Waals surface area (Å²) in [7, 11) is 1.38. The molecule has 2 N–H and O–H groups in total. The molecule has 1 aliphatic rings. The van der Waals surface area contributed by atoms with Gasteiger partial charge < -0.3 is 20.1 Å². The van der Waals surface area contributed by atoms with E-state index in [0.29, 0.717) is 23.6 Å². The molecule has 0 radical (unpaired) electrons. The van der Waals surface area contributed by atoms with Crippen LogP contribution in [-0.2, 0) is 17.8 Å². The van der Waals surface area contributed by atoms with Crippen molar-refractivity contribution in [1.82, 2.24) is 40.8 Å². The molecular formula is C26H33FN8O4. The molecule has 3 aromatic rings. The maximum Gasteiger partial charge on any atom is 0.407 e. The molecule has 39 heavy (non-hydrogen) atoms. The molecule has 1 aromatic carbocycles. The van der Waals surface area contributed by atoms with E-state index in [9.17, 15) is 14.0 Å². The van der Waals surface area contributed by atoms with Crippen LogP contribution in [0.2, 0.25) is 0 Å². The monoisotopic (exact) mass is 540 g/mol. The van der Waals surface area contributed by atoms with Crippen molar-refractivity contribution >= 4 is 12.0 Å². The molecule has 2 unspecified atom stereocenters. The zero-order chi connectivity index (χ0) is 28.2. The summed E-state index contributed by atoms with van der Waals surface area (Å²) in [6.07, 6.45) is 2.13. The van der Waals surface area contributed by atoms with Gasteiger partial charge in [0.25, 0.3) is 5.91 Å². The smallest absolute Gasteiger partial charge is 0.407 e. The van der Waals surface area contributed by atoms with Gasteiger partial charge in [-0.3, -0.25) is 4.79 Å². The van der Waals surface area contributed by atoms with Gasteiger partial charge in [-0.25, -0.2) is 19.2 Å². The van der Waals surface area contributed by atoms with E-state index >= 15 is 0 Å². The van der Waals surface area contributed by atoms with Crippen molar-refractivity contribution in [2.24, 2.45) is 5.92 Å². The number of hydrogen-bond acceptors (Lipinski definition) is 9. The fourth-order valence-electron chi connectivity index (χ4n) is 4.39. The van der Waals surface area contributed by atoms with Gasteiger partial charge in [0.2, 0.25) is 5.82 Å². The minimum Gasteiger partial charge on any atom is -0.494 e. The van der Waals surface area contributed by atoms with E-state index in [2.05, 4.69) is 36.0 Å². The SMILES string of the molecule is COc1cc(CNC(=O)c2cc(-c3nnn(CC4CCC(NC(=O)OC(C)(C)C)C4)n3)nc(C)n2)ccc1F. The second-order valence-corrected chi connectivity index (χ2v) is 10.5. The van der Waals surface area contributed by atoms with Gasteiger partial charge in [-0.15, -0.1) is 10.2 Å². The highest BCUT2D eigenvalue weighted by molar-refractivity contribution is 5.93. The Kier molecular flexibility index (Phi) is 8.36. The fourth-order valence-corrected chi connectivity index (χ4v) is 4.39. The van der Waals surface area contributed by atoms with Crippen LogP contribution < -0.4 is 15.4 Å². The van der Waals surface area contributed by atoms with Gasteiger partial charge in [-0.05, 0) is 81.9 Å². The Morgan fingerprint density at radius 2 is 1.97 bits per heavy atom. The number of carbonyl (C=O) groups excluding carboxylic acids is 2. The first kappa shape index (κ1) is 27.9. The zero-order valence-electron chi connectivity index (χ0n) is 22.7. The number of halogens is 1. The number of nitrogens with zero attached hydrogens (tertiary/aromatic N) is 6. The van der Waals surface area contributed by atoms with Crippen molar-refractivity contribution in [1.29, 1.82) is 0 Å². The maximum atomic E-state index is 13.6. The molecule has 0 saturated heterocycles. The van der Waals surface area contributed by atoms with Crippen LogP contribution in [0, 0.1) is 18.7 Å². The van der Waals surface area contributed by atoms with E-state index in [4.69, 9.17) is 9.47 Å². The maximum absolute atomic E-state index is 13.6. The van der Waals surface area contributed by atoms with Crippen LogP contribution in [0.3, 0.4) is 0 Å². The first-order valence-electron chi connectivity index (χ1n) is 12.7. The third-order valence-electron chi connectivity index (χ3n) is 6.10. The van der Waals surface area contributed by atoms with E-state index in [0.717, 1.165) is 19.3 Å². The van der Waals surface area contributed by atoms with E-state index in [-0.39, 0.29) is 35.8 Å². The molecule has 13 heteroatoms. The summed E-state index contributed by atoms with van der Waals surface area (Å²) < 4.78 is 24.0. The van der Waals surface area contributed by atoms with E-state index in [1.165, 1.54) is 30.1 Å². The largest absolute Gasteiger partial charge is 0.494 e. The van der Waals surface area contributed by atoms with E-state index in [1.54, 1.807) is 13.0 Å². The second-order valence-electron chi connectivity index (χ2n) is 10.5. The Morgan fingerprint density at radius 3 is 2.72 bits per heavy atom. The van der Waals surface area contributed by atoms with Gasteiger partial charge >= 0.3 is 6.09 Å². The van der Waals surface area contributed by atoms with E-state index in [1.807, 2.05) is 20.8 Å². The Hall–Kier alpha value is -4.16. The normalized spacial score (nSPS) is 17.1. The molecule has 0 spiro atoms. The summed E-state index contributed by atoms with van der Waals surface area (Å²) in [5.74, 6) is 0.124. The van der Waals surface area contributed by atoms with Gasteiger partial charge in [0.05, 0.1) is 13.7 Å². The van der Waals surface area contributed by atoms with Crippen LogP contribution in [0.4, 0.5) is 9.18 Å². The topological polar surface area (TPSA) is 146 Å². The average Bonchev–Trinajstić information content (AvgIpc) is 3.51. The summed E-state index contributed by atoms with van der Waals surface area (Å²) in [6.45, 7) is 7.87. The Bertz CT molecular complexity index is 1340. The molecule has 2 atom stereocenters. The zero-order valence-corrected chi connectivity index (χ0v) is 22.7. The lowest BCUT2D eigenvalue weighted by Gasteiger charge is -2.21. The van der Waals surface area contributed by atoms with Crippen LogP contribution in [0.1, 0.15) is 61.9 Å². The third-order valence-corrected chi connectivity index (χ3v) is 6.10. The van der Waals surface area contributed by atoms with Gasteiger partial charge in [-0.2, -0.15) is 4.80 Å². The molecule has 4 rings (SSSR count). The van der Waals surface area contributed by atoms with Crippen molar-refractivity contribution in [3.63, 3.8) is 0 Å². The summed E-state index contributed by atoms with van der Waals surface area (Å²) >= 11 is 0. The number of carbonyl (C=O) groups is 2. The number of amides is 2. The number of aromatic nitrogens is 6. The van der Waals surface area contributed by atoms with Crippen molar-refractivity contribution in [2.45, 2.75) is 71.7 Å². The number of tetrazole rings is 1. The van der Waals surface area contributed by atoms with E-state index < -0.39 is 23.4 Å². The van der Waals surface area contributed by atoms with Gasteiger partial charge in [0.15, 0.2) is 11.6 Å². The van der Waals surface area contributed by atoms with Crippen LogP contribution in [0.25, 0.3) is 11.5 Å². The first-order valence-corrected chi connectivity index (χ1v) is 12.7. The summed E-state index contributed by atoms with van der Waals surface area (Å²) in [6, 6.07) is 5.91. The van der Waals surface area contributed by atoms with Crippen LogP contribution in [-0.4, -0.2) is 60.9 Å². The molecular weight excluding hydrogens is 507 g/mol.